The highest BCUT2D eigenvalue weighted by atomic mass is 16.5. The van der Waals surface area contributed by atoms with Crippen LogP contribution >= 0.6 is 0 Å². The van der Waals surface area contributed by atoms with E-state index in [0.717, 1.165) is 48.2 Å². The number of nitrogens with zero attached hydrogens (tertiary/aromatic N) is 1. The van der Waals surface area contributed by atoms with E-state index in [1.165, 1.54) is 5.56 Å². The topological polar surface area (TPSA) is 81.0 Å². The monoisotopic (exact) mass is 321 g/mol. The molecule has 0 radical (unpaired) electrons. The van der Waals surface area contributed by atoms with Crippen LogP contribution in [0.25, 0.3) is 22.2 Å². The van der Waals surface area contributed by atoms with Gasteiger partial charge >= 0.3 is 0 Å². The Morgan fingerprint density at radius 3 is 2.79 bits per heavy atom. The highest BCUT2D eigenvalue weighted by Crippen LogP contribution is 2.32. The van der Waals surface area contributed by atoms with E-state index in [4.69, 9.17) is 10.5 Å². The average Bonchev–Trinajstić information content (AvgIpc) is 3.05. The molecule has 3 N–H and O–H groups in total. The molecule has 2 aromatic carbocycles. The number of nitrogens with one attached hydrogen (secondary N) is 1. The maximum absolute atomic E-state index is 11.4. The number of aromatic amines is 1. The zero-order valence-electron chi connectivity index (χ0n) is 13.3. The second kappa shape index (κ2) is 6.09. The maximum Gasteiger partial charge on any atom is 0.248 e. The van der Waals surface area contributed by atoms with Gasteiger partial charge in [0.1, 0.15) is 0 Å². The molecule has 4 rings (SSSR count). The molecule has 1 aromatic heterocycles. The Labute approximate surface area is 139 Å². The van der Waals surface area contributed by atoms with Crippen molar-refractivity contribution in [3.05, 3.63) is 53.6 Å². The minimum Gasteiger partial charge on any atom is -0.381 e. The molecular weight excluding hydrogens is 302 g/mol. The molecule has 0 bridgehead atoms. The summed E-state index contributed by atoms with van der Waals surface area (Å²) >= 11 is 0. The van der Waals surface area contributed by atoms with E-state index in [9.17, 15) is 4.79 Å². The van der Waals surface area contributed by atoms with Crippen molar-refractivity contribution >= 4 is 16.8 Å². The molecule has 5 heteroatoms. The summed E-state index contributed by atoms with van der Waals surface area (Å²) in [5.74, 6) is 0.0995. The van der Waals surface area contributed by atoms with E-state index < -0.39 is 5.91 Å². The summed E-state index contributed by atoms with van der Waals surface area (Å²) in [6.07, 6.45) is 2.10. The lowest BCUT2D eigenvalue weighted by atomic mass is 9.90. The van der Waals surface area contributed by atoms with E-state index in [-0.39, 0.29) is 0 Å². The van der Waals surface area contributed by atoms with Crippen LogP contribution in [0.5, 0.6) is 0 Å². The molecule has 1 saturated heterocycles. The van der Waals surface area contributed by atoms with Crippen LogP contribution < -0.4 is 5.73 Å². The van der Waals surface area contributed by atoms with Gasteiger partial charge in [-0.15, -0.1) is 0 Å². The molecule has 1 fully saturated rings. The predicted octanol–water partition coefficient (Wildman–Crippen LogP) is 3.22. The molecule has 5 nitrogen and oxygen atoms in total. The van der Waals surface area contributed by atoms with E-state index in [2.05, 4.69) is 28.4 Å². The van der Waals surface area contributed by atoms with Crippen molar-refractivity contribution in [1.82, 2.24) is 10.2 Å². The number of carbonyl (C=O) groups is 1. The van der Waals surface area contributed by atoms with Crippen molar-refractivity contribution in [2.24, 2.45) is 5.73 Å². The van der Waals surface area contributed by atoms with Crippen LogP contribution in [-0.4, -0.2) is 29.3 Å². The molecule has 0 unspecified atom stereocenters. The summed E-state index contributed by atoms with van der Waals surface area (Å²) in [5.41, 5.74) is 9.93. The van der Waals surface area contributed by atoms with Gasteiger partial charge in [-0.3, -0.25) is 9.89 Å². The van der Waals surface area contributed by atoms with Gasteiger partial charge in [-0.25, -0.2) is 0 Å². The van der Waals surface area contributed by atoms with Crippen molar-refractivity contribution in [2.45, 2.75) is 18.8 Å². The lowest BCUT2D eigenvalue weighted by molar-refractivity contribution is 0.0853. The number of nitrogens with two attached hydrogens (primary N) is 1. The number of H-pyrrole nitrogens is 1. The Morgan fingerprint density at radius 2 is 2.00 bits per heavy atom. The van der Waals surface area contributed by atoms with Gasteiger partial charge in [0, 0.05) is 29.7 Å². The summed E-state index contributed by atoms with van der Waals surface area (Å²) in [6, 6.07) is 13.7. The van der Waals surface area contributed by atoms with E-state index in [1.54, 1.807) is 12.1 Å². The predicted molar refractivity (Wildman–Crippen MR) is 92.8 cm³/mol. The fourth-order valence-electron chi connectivity index (χ4n) is 3.36. The number of benzene rings is 2. The van der Waals surface area contributed by atoms with Gasteiger partial charge in [-0.2, -0.15) is 5.10 Å². The molecule has 0 spiro atoms. The van der Waals surface area contributed by atoms with Crippen LogP contribution in [0.3, 0.4) is 0 Å². The number of carbonyl (C=O) groups excluding carboxylic acids is 1. The van der Waals surface area contributed by atoms with Crippen molar-refractivity contribution < 1.29 is 9.53 Å². The maximum atomic E-state index is 11.4. The van der Waals surface area contributed by atoms with Gasteiger partial charge in [-0.1, -0.05) is 18.2 Å². The largest absolute Gasteiger partial charge is 0.381 e. The summed E-state index contributed by atoms with van der Waals surface area (Å²) in [4.78, 5) is 11.4. The second-order valence-electron chi connectivity index (χ2n) is 6.21. The fourth-order valence-corrected chi connectivity index (χ4v) is 3.36. The quantitative estimate of drug-likeness (QED) is 0.777. The smallest absolute Gasteiger partial charge is 0.248 e. The van der Waals surface area contributed by atoms with Gasteiger partial charge in [0.2, 0.25) is 5.91 Å². The third-order valence-electron chi connectivity index (χ3n) is 4.70. The van der Waals surface area contributed by atoms with Crippen molar-refractivity contribution in [3.63, 3.8) is 0 Å². The Hall–Kier alpha value is -2.66. The highest BCUT2D eigenvalue weighted by Gasteiger charge is 2.18. The van der Waals surface area contributed by atoms with Crippen LogP contribution in [0, 0.1) is 0 Å². The third kappa shape index (κ3) is 2.67. The molecule has 1 amide bonds. The number of hydrogen-bond acceptors (Lipinski definition) is 3. The average molecular weight is 321 g/mol. The minimum absolute atomic E-state index is 0.431. The molecule has 3 aromatic rings. The van der Waals surface area contributed by atoms with E-state index >= 15 is 0 Å². The summed E-state index contributed by atoms with van der Waals surface area (Å²) in [5, 5.41) is 8.60. The number of fused-ring (bicyclic) bond motifs is 1. The van der Waals surface area contributed by atoms with Crippen molar-refractivity contribution in [1.29, 1.82) is 0 Å². The van der Waals surface area contributed by atoms with Crippen molar-refractivity contribution in [2.75, 3.05) is 13.2 Å². The second-order valence-corrected chi connectivity index (χ2v) is 6.21. The lowest BCUT2D eigenvalue weighted by Gasteiger charge is -2.22. The standard InChI is InChI=1S/C19H19N3O2/c20-19(23)15-3-1-2-14(10-15)18-16-11-13(4-5-17(16)21-22-18)12-6-8-24-9-7-12/h1-5,10-12H,6-9H2,(H2,20,23)(H,21,22). The van der Waals surface area contributed by atoms with E-state index in [0.29, 0.717) is 11.5 Å². The van der Waals surface area contributed by atoms with Gasteiger partial charge in [0.05, 0.1) is 11.2 Å². The first-order valence-electron chi connectivity index (χ1n) is 8.18. The number of aromatic nitrogens is 2. The molecule has 122 valence electrons. The first-order valence-corrected chi connectivity index (χ1v) is 8.18. The summed E-state index contributed by atoms with van der Waals surface area (Å²) in [7, 11) is 0. The Morgan fingerprint density at radius 1 is 1.17 bits per heavy atom. The van der Waals surface area contributed by atoms with Crippen LogP contribution in [0.2, 0.25) is 0 Å². The van der Waals surface area contributed by atoms with Crippen LogP contribution in [-0.2, 0) is 4.74 Å². The van der Waals surface area contributed by atoms with Crippen molar-refractivity contribution in [3.8, 4) is 11.3 Å². The Kier molecular flexibility index (Phi) is 3.78. The molecule has 1 aliphatic heterocycles. The van der Waals surface area contributed by atoms with Gasteiger partial charge < -0.3 is 10.5 Å². The first-order chi connectivity index (χ1) is 11.7. The van der Waals surface area contributed by atoms with Crippen LogP contribution in [0.15, 0.2) is 42.5 Å². The Balaban J connectivity index is 1.78. The van der Waals surface area contributed by atoms with Gasteiger partial charge in [-0.05, 0) is 48.6 Å². The molecular formula is C19H19N3O2. The number of hydrogen-bond donors (Lipinski definition) is 2. The highest BCUT2D eigenvalue weighted by molar-refractivity contribution is 5.97. The third-order valence-corrected chi connectivity index (χ3v) is 4.70. The molecule has 0 aliphatic carbocycles. The zero-order valence-corrected chi connectivity index (χ0v) is 13.3. The molecule has 0 saturated carbocycles. The minimum atomic E-state index is -0.431. The molecule has 24 heavy (non-hydrogen) atoms. The number of ether oxygens (including phenoxy) is 1. The Bertz CT molecular complexity index is 895. The van der Waals surface area contributed by atoms with Crippen LogP contribution in [0.4, 0.5) is 0 Å². The van der Waals surface area contributed by atoms with Crippen LogP contribution in [0.1, 0.15) is 34.7 Å². The van der Waals surface area contributed by atoms with Gasteiger partial charge in [0.25, 0.3) is 0 Å². The summed E-state index contributed by atoms with van der Waals surface area (Å²) in [6.45, 7) is 1.64. The molecule has 0 atom stereocenters. The first kappa shape index (κ1) is 14.9. The number of rotatable bonds is 3. The molecule has 1 aliphatic rings. The number of primary amides is 1. The normalized spacial score (nSPS) is 15.7. The zero-order chi connectivity index (χ0) is 16.5. The molecule has 2 heterocycles. The van der Waals surface area contributed by atoms with Gasteiger partial charge in [0.15, 0.2) is 0 Å². The fraction of sp³-hybridized carbons (Fsp3) is 0.263. The SMILES string of the molecule is NC(=O)c1cccc(-c2n[nH]c3ccc(C4CCOCC4)cc23)c1. The summed E-state index contributed by atoms with van der Waals surface area (Å²) < 4.78 is 5.46. The lowest BCUT2D eigenvalue weighted by Crippen LogP contribution is -2.13. The number of amides is 1. The van der Waals surface area contributed by atoms with E-state index in [1.807, 2.05) is 12.1 Å².